The molecular weight excluding hydrogens is 614 g/mol. The van der Waals surface area contributed by atoms with Gasteiger partial charge in [0, 0.05) is 28.8 Å². The molecule has 0 unspecified atom stereocenters. The van der Waals surface area contributed by atoms with E-state index in [-0.39, 0.29) is 23.4 Å². The average molecular weight is 648 g/mol. The van der Waals surface area contributed by atoms with Crippen molar-refractivity contribution in [1.82, 2.24) is 4.57 Å². The smallest absolute Gasteiger partial charge is 0.338 e. The highest BCUT2D eigenvalue weighted by Crippen LogP contribution is 2.36. The molecule has 10 heteroatoms. The van der Waals surface area contributed by atoms with E-state index in [0.717, 1.165) is 22.3 Å². The number of rotatable bonds is 8. The summed E-state index contributed by atoms with van der Waals surface area (Å²) in [7, 11) is 0. The highest BCUT2D eigenvalue weighted by Gasteiger charge is 2.35. The Kier molecular flexibility index (Phi) is 8.62. The van der Waals surface area contributed by atoms with Gasteiger partial charge in [0.25, 0.3) is 11.2 Å². The summed E-state index contributed by atoms with van der Waals surface area (Å²) in [5.41, 5.74) is 4.97. The van der Waals surface area contributed by atoms with Crippen LogP contribution >= 0.6 is 11.3 Å². The van der Waals surface area contributed by atoms with Crippen LogP contribution < -0.4 is 14.9 Å². The molecule has 238 valence electrons. The topological polar surface area (TPSA) is 117 Å². The summed E-state index contributed by atoms with van der Waals surface area (Å²) >= 11 is 1.20. The number of esters is 1. The second-order valence-electron chi connectivity index (χ2n) is 11.6. The van der Waals surface area contributed by atoms with Crippen LogP contribution in [0.4, 0.5) is 5.69 Å². The summed E-state index contributed by atoms with van der Waals surface area (Å²) in [5.74, 6) is 0.603. The predicted octanol–water partition coefficient (Wildman–Crippen LogP) is 6.84. The molecule has 0 bridgehead atoms. The van der Waals surface area contributed by atoms with Crippen LogP contribution in [0, 0.1) is 24.0 Å². The number of aromatic nitrogens is 1. The summed E-state index contributed by atoms with van der Waals surface area (Å²) in [6.07, 6.45) is 1.64. The van der Waals surface area contributed by atoms with Gasteiger partial charge in [-0.15, -0.1) is 0 Å². The van der Waals surface area contributed by atoms with Crippen LogP contribution in [0.25, 0.3) is 23.1 Å². The Hall–Kier alpha value is -5.35. The summed E-state index contributed by atoms with van der Waals surface area (Å²) in [4.78, 5) is 44.4. The third-order valence-electron chi connectivity index (χ3n) is 8.31. The zero-order valence-electron chi connectivity index (χ0n) is 26.6. The molecule has 1 atom stereocenters. The molecule has 2 aromatic heterocycles. The highest BCUT2D eigenvalue weighted by atomic mass is 32.1. The fourth-order valence-electron chi connectivity index (χ4n) is 5.71. The Morgan fingerprint density at radius 2 is 1.79 bits per heavy atom. The first kappa shape index (κ1) is 31.6. The lowest BCUT2D eigenvalue weighted by atomic mass is 9.91. The molecule has 3 heterocycles. The first-order valence-electron chi connectivity index (χ1n) is 15.3. The molecule has 0 saturated carbocycles. The van der Waals surface area contributed by atoms with E-state index in [4.69, 9.17) is 14.1 Å². The van der Waals surface area contributed by atoms with Gasteiger partial charge in [0.2, 0.25) is 0 Å². The zero-order chi connectivity index (χ0) is 33.4. The van der Waals surface area contributed by atoms with Crippen LogP contribution in [0.2, 0.25) is 0 Å². The molecular formula is C37H33N3O6S. The normalized spacial score (nSPS) is 14.7. The van der Waals surface area contributed by atoms with Gasteiger partial charge in [-0.05, 0) is 61.6 Å². The van der Waals surface area contributed by atoms with E-state index in [1.165, 1.54) is 17.4 Å². The number of nitro groups is 1. The van der Waals surface area contributed by atoms with Gasteiger partial charge in [-0.1, -0.05) is 79.8 Å². The minimum absolute atomic E-state index is 0.0133. The van der Waals surface area contributed by atoms with Gasteiger partial charge < -0.3 is 9.15 Å². The minimum Gasteiger partial charge on any atom is -0.463 e. The van der Waals surface area contributed by atoms with Gasteiger partial charge in [-0.25, -0.2) is 9.79 Å². The molecule has 0 spiro atoms. The van der Waals surface area contributed by atoms with Crippen LogP contribution in [0.15, 0.2) is 98.6 Å². The van der Waals surface area contributed by atoms with Crippen LogP contribution in [-0.2, 0) is 9.53 Å². The molecule has 0 N–H and O–H groups in total. The number of benzene rings is 3. The number of thiazole rings is 1. The van der Waals surface area contributed by atoms with Crippen molar-refractivity contribution in [3.63, 3.8) is 0 Å². The standard InChI is InChI=1S/C37H33N3O6S/c1-6-45-36(42)32-33(25-10-8-7-9-11-25)38-37-39(34(32)26-14-12-24(13-15-26)21(2)3)35(41)31(47-37)20-28-16-17-30(46-28)27-18-22(4)23(5)29(19-27)40(43)44/h7-21,34H,6H2,1-5H3/b31-20-/t34-/m1/s1. The van der Waals surface area contributed by atoms with E-state index in [1.54, 1.807) is 36.6 Å². The molecule has 0 aliphatic carbocycles. The molecule has 1 aliphatic heterocycles. The largest absolute Gasteiger partial charge is 0.463 e. The second-order valence-corrected chi connectivity index (χ2v) is 12.7. The van der Waals surface area contributed by atoms with E-state index in [9.17, 15) is 19.7 Å². The molecule has 3 aromatic carbocycles. The number of carbonyl (C=O) groups excluding carboxylic acids is 1. The van der Waals surface area contributed by atoms with Crippen LogP contribution in [0.5, 0.6) is 0 Å². The molecule has 5 aromatic rings. The molecule has 1 aliphatic rings. The van der Waals surface area contributed by atoms with Crippen LogP contribution in [0.3, 0.4) is 0 Å². The summed E-state index contributed by atoms with van der Waals surface area (Å²) in [6, 6.07) is 23.3. The van der Waals surface area contributed by atoms with Crippen molar-refractivity contribution in [1.29, 1.82) is 0 Å². The van der Waals surface area contributed by atoms with Crippen LogP contribution in [-0.4, -0.2) is 22.1 Å². The number of nitrogens with zero attached hydrogens (tertiary/aromatic N) is 3. The van der Waals surface area contributed by atoms with Crippen molar-refractivity contribution in [2.75, 3.05) is 6.61 Å². The maximum absolute atomic E-state index is 14.2. The quantitative estimate of drug-likeness (QED) is 0.103. The highest BCUT2D eigenvalue weighted by molar-refractivity contribution is 7.07. The second kappa shape index (κ2) is 12.8. The summed E-state index contributed by atoms with van der Waals surface area (Å²) in [5, 5.41) is 11.6. The van der Waals surface area contributed by atoms with Crippen molar-refractivity contribution in [2.45, 2.75) is 46.6 Å². The van der Waals surface area contributed by atoms with Gasteiger partial charge in [0.05, 0.1) is 33.4 Å². The lowest BCUT2D eigenvalue weighted by molar-refractivity contribution is -0.385. The SMILES string of the molecule is CCOC(=O)C1=C(c2ccccc2)N=c2s/c(=C\c3ccc(-c4cc(C)c(C)c([N+](=O)[O-])c4)o3)c(=O)n2[C@@H]1c1ccc(C(C)C)cc1. The number of fused-ring (bicyclic) bond motifs is 1. The lowest BCUT2D eigenvalue weighted by Crippen LogP contribution is -2.40. The van der Waals surface area contributed by atoms with Gasteiger partial charge in [0.1, 0.15) is 11.5 Å². The fourth-order valence-corrected chi connectivity index (χ4v) is 6.69. The number of ether oxygens (including phenoxy) is 1. The Morgan fingerprint density at radius 3 is 2.45 bits per heavy atom. The van der Waals surface area contributed by atoms with Gasteiger partial charge >= 0.3 is 5.97 Å². The van der Waals surface area contributed by atoms with Gasteiger partial charge in [-0.3, -0.25) is 19.5 Å². The number of hydrogen-bond donors (Lipinski definition) is 0. The Balaban J connectivity index is 1.53. The maximum Gasteiger partial charge on any atom is 0.338 e. The number of aryl methyl sites for hydroxylation is 1. The van der Waals surface area contributed by atoms with Crippen molar-refractivity contribution < 1.29 is 18.9 Å². The molecule has 0 amide bonds. The van der Waals surface area contributed by atoms with Crippen LogP contribution in [0.1, 0.15) is 66.3 Å². The van der Waals surface area contributed by atoms with Gasteiger partial charge in [-0.2, -0.15) is 0 Å². The van der Waals surface area contributed by atoms with Crippen molar-refractivity contribution >= 4 is 34.8 Å². The Labute approximate surface area is 275 Å². The molecule has 9 nitrogen and oxygen atoms in total. The van der Waals surface area contributed by atoms with Crippen molar-refractivity contribution in [3.05, 3.63) is 148 Å². The molecule has 0 saturated heterocycles. The number of carbonyl (C=O) groups is 1. The van der Waals surface area contributed by atoms with Crippen molar-refractivity contribution in [3.8, 4) is 11.3 Å². The summed E-state index contributed by atoms with van der Waals surface area (Å²) in [6.45, 7) is 9.66. The van der Waals surface area contributed by atoms with E-state index in [0.29, 0.717) is 43.6 Å². The fraction of sp³-hybridized carbons (Fsp3) is 0.216. The minimum atomic E-state index is -0.785. The monoisotopic (exact) mass is 647 g/mol. The lowest BCUT2D eigenvalue weighted by Gasteiger charge is -2.26. The number of hydrogen-bond acceptors (Lipinski definition) is 8. The first-order valence-corrected chi connectivity index (χ1v) is 16.1. The predicted molar refractivity (Wildman–Crippen MR) is 182 cm³/mol. The number of furan rings is 1. The van der Waals surface area contributed by atoms with E-state index < -0.39 is 16.9 Å². The Morgan fingerprint density at radius 1 is 1.06 bits per heavy atom. The van der Waals surface area contributed by atoms with E-state index >= 15 is 0 Å². The van der Waals surface area contributed by atoms with Crippen molar-refractivity contribution in [2.24, 2.45) is 4.99 Å². The first-order chi connectivity index (χ1) is 22.6. The number of nitro benzene ring substituents is 1. The molecule has 0 fully saturated rings. The molecule has 0 radical (unpaired) electrons. The third-order valence-corrected chi connectivity index (χ3v) is 9.30. The molecule has 6 rings (SSSR count). The third kappa shape index (κ3) is 5.99. The zero-order valence-corrected chi connectivity index (χ0v) is 27.5. The Bertz CT molecular complexity index is 2220. The van der Waals surface area contributed by atoms with Gasteiger partial charge in [0.15, 0.2) is 4.80 Å². The summed E-state index contributed by atoms with van der Waals surface area (Å²) < 4.78 is 13.5. The molecule has 47 heavy (non-hydrogen) atoms. The van der Waals surface area contributed by atoms with E-state index in [1.807, 2.05) is 67.6 Å². The average Bonchev–Trinajstić information content (AvgIpc) is 3.65. The van der Waals surface area contributed by atoms with E-state index in [2.05, 4.69) is 13.8 Å². The maximum atomic E-state index is 14.2.